The van der Waals surface area contributed by atoms with Gasteiger partial charge in [-0.15, -0.1) is 16.4 Å². The number of nitrogens with zero attached hydrogens (tertiary/aromatic N) is 4. The number of rotatable bonds is 14. The van der Waals surface area contributed by atoms with Crippen LogP contribution in [0.5, 0.6) is 0 Å². The molecule has 0 saturated heterocycles. The molecule has 0 fully saturated rings. The summed E-state index contributed by atoms with van der Waals surface area (Å²) in [6.07, 6.45) is -2.16. The summed E-state index contributed by atoms with van der Waals surface area (Å²) in [6.45, 7) is -1.26. The van der Waals surface area contributed by atoms with Crippen LogP contribution >= 0.6 is 22.9 Å². The molecule has 0 unspecified atom stereocenters. The molecule has 0 aliphatic heterocycles. The first-order chi connectivity index (χ1) is 19.5. The van der Waals surface area contributed by atoms with E-state index in [0.717, 1.165) is 0 Å². The summed E-state index contributed by atoms with van der Waals surface area (Å²) in [6, 6.07) is 8.95. The fourth-order valence-corrected chi connectivity index (χ4v) is 4.78. The number of halogens is 5. The van der Waals surface area contributed by atoms with Crippen molar-refractivity contribution >= 4 is 40.7 Å². The van der Waals surface area contributed by atoms with Crippen molar-refractivity contribution in [1.82, 2.24) is 30.5 Å². The predicted octanol–water partition coefficient (Wildman–Crippen LogP) is 4.85. The minimum atomic E-state index is -4.53. The zero-order valence-electron chi connectivity index (χ0n) is 22.1. The van der Waals surface area contributed by atoms with E-state index in [1.807, 2.05) is 5.32 Å². The summed E-state index contributed by atoms with van der Waals surface area (Å²) in [7, 11) is 1.60. The number of hydrogen-bond donors (Lipinski definition) is 2. The molecule has 9 nitrogen and oxygen atoms in total. The Morgan fingerprint density at radius 2 is 1.73 bits per heavy atom. The Bertz CT molecular complexity index is 1330. The van der Waals surface area contributed by atoms with E-state index < -0.39 is 31.2 Å². The van der Waals surface area contributed by atoms with Crippen LogP contribution in [0, 0.1) is 0 Å². The average molecular weight is 617 g/mol. The van der Waals surface area contributed by atoms with Gasteiger partial charge in [0.25, 0.3) is 17.7 Å². The van der Waals surface area contributed by atoms with Gasteiger partial charge in [-0.05, 0) is 62.1 Å². The SMILES string of the molecule is CN(CCCNC(=O)c1ccc(Cl)s1)C(=O)c1nnn(-c2ccc(C(=O)NCC(F)(F)F)cc2)c1CCCCCF. The molecule has 2 heterocycles. The molecule has 0 aliphatic carbocycles. The zero-order valence-corrected chi connectivity index (χ0v) is 23.7. The predicted molar refractivity (Wildman–Crippen MR) is 147 cm³/mol. The van der Waals surface area contributed by atoms with E-state index in [0.29, 0.717) is 65.8 Å². The van der Waals surface area contributed by atoms with Gasteiger partial charge in [0.15, 0.2) is 5.69 Å². The maximum absolute atomic E-state index is 13.3. The van der Waals surface area contributed by atoms with Gasteiger partial charge >= 0.3 is 6.18 Å². The smallest absolute Gasteiger partial charge is 0.351 e. The van der Waals surface area contributed by atoms with Gasteiger partial charge in [0.1, 0.15) is 6.54 Å². The second-order valence-corrected chi connectivity index (χ2v) is 10.8. The number of nitrogens with one attached hydrogen (secondary N) is 2. The number of unbranched alkanes of at least 4 members (excludes halogenated alkanes) is 2. The summed E-state index contributed by atoms with van der Waals surface area (Å²) in [5, 5.41) is 12.8. The van der Waals surface area contributed by atoms with Gasteiger partial charge in [-0.25, -0.2) is 4.68 Å². The van der Waals surface area contributed by atoms with Crippen molar-refractivity contribution in [3.05, 3.63) is 62.6 Å². The fourth-order valence-electron chi connectivity index (χ4n) is 3.82. The van der Waals surface area contributed by atoms with E-state index in [1.165, 1.54) is 45.2 Å². The van der Waals surface area contributed by atoms with Crippen molar-refractivity contribution in [2.24, 2.45) is 0 Å². The van der Waals surface area contributed by atoms with Gasteiger partial charge < -0.3 is 15.5 Å². The van der Waals surface area contributed by atoms with Crippen molar-refractivity contribution in [2.45, 2.75) is 38.3 Å². The van der Waals surface area contributed by atoms with Crippen molar-refractivity contribution in [3.63, 3.8) is 0 Å². The third-order valence-corrected chi connectivity index (χ3v) is 7.17. The lowest BCUT2D eigenvalue weighted by Crippen LogP contribution is -2.33. The molecule has 0 atom stereocenters. The maximum Gasteiger partial charge on any atom is 0.405 e. The molecule has 0 saturated carbocycles. The summed E-state index contributed by atoms with van der Waals surface area (Å²) < 4.78 is 51.8. The van der Waals surface area contributed by atoms with E-state index in [-0.39, 0.29) is 17.2 Å². The van der Waals surface area contributed by atoms with E-state index in [9.17, 15) is 31.9 Å². The Hall–Kier alpha value is -3.52. The van der Waals surface area contributed by atoms with Gasteiger partial charge in [-0.1, -0.05) is 23.2 Å². The van der Waals surface area contributed by atoms with E-state index in [1.54, 1.807) is 19.2 Å². The van der Waals surface area contributed by atoms with Gasteiger partial charge in [-0.2, -0.15) is 13.2 Å². The normalized spacial score (nSPS) is 11.4. The standard InChI is InChI=1S/C26H29ClF4N6O3S/c1-36(15-5-14-32-24(39)20-11-12-21(27)41-20)25(40)22-19(6-3-2-4-13-28)37(35-34-22)18-9-7-17(8-10-18)23(38)33-16-26(29,30)31/h7-12H,2-6,13-16H2,1H3,(H,32,39)(H,33,38). The van der Waals surface area contributed by atoms with Gasteiger partial charge in [0.2, 0.25) is 0 Å². The molecule has 3 aromatic rings. The number of alkyl halides is 4. The highest BCUT2D eigenvalue weighted by molar-refractivity contribution is 7.18. The number of carbonyl (C=O) groups excluding carboxylic acids is 3. The number of aromatic nitrogens is 3. The van der Waals surface area contributed by atoms with Crippen LogP contribution in [0.1, 0.15) is 61.9 Å². The highest BCUT2D eigenvalue weighted by Gasteiger charge is 2.28. The molecule has 222 valence electrons. The molecule has 2 N–H and O–H groups in total. The highest BCUT2D eigenvalue weighted by atomic mass is 35.5. The number of benzene rings is 1. The number of carbonyl (C=O) groups is 3. The Morgan fingerprint density at radius 3 is 2.37 bits per heavy atom. The minimum Gasteiger partial charge on any atom is -0.351 e. The van der Waals surface area contributed by atoms with Crippen molar-refractivity contribution in [1.29, 1.82) is 0 Å². The number of amides is 3. The molecule has 3 rings (SSSR count). The van der Waals surface area contributed by atoms with Crippen molar-refractivity contribution < 1.29 is 31.9 Å². The second kappa shape index (κ2) is 14.9. The molecular formula is C26H29ClF4N6O3S. The summed E-state index contributed by atoms with van der Waals surface area (Å²) >= 11 is 7.03. The first kappa shape index (κ1) is 32.0. The third-order valence-electron chi connectivity index (χ3n) is 5.94. The Balaban J connectivity index is 1.68. The van der Waals surface area contributed by atoms with Crippen LogP contribution < -0.4 is 10.6 Å². The largest absolute Gasteiger partial charge is 0.405 e. The third kappa shape index (κ3) is 9.52. The molecule has 0 bridgehead atoms. The Labute approximate surface area is 242 Å². The molecule has 15 heteroatoms. The lowest BCUT2D eigenvalue weighted by Gasteiger charge is -2.17. The molecule has 0 spiro atoms. The Morgan fingerprint density at radius 1 is 1.00 bits per heavy atom. The monoisotopic (exact) mass is 616 g/mol. The molecule has 0 aliphatic rings. The summed E-state index contributed by atoms with van der Waals surface area (Å²) in [5.41, 5.74) is 1.06. The maximum atomic E-state index is 13.3. The second-order valence-electron chi connectivity index (χ2n) is 9.08. The van der Waals surface area contributed by atoms with E-state index in [2.05, 4.69) is 15.6 Å². The molecule has 3 amide bonds. The van der Waals surface area contributed by atoms with Crippen LogP contribution in [-0.2, 0) is 6.42 Å². The fraction of sp³-hybridized carbons (Fsp3) is 0.423. The Kier molecular flexibility index (Phi) is 11.6. The first-order valence-corrected chi connectivity index (χ1v) is 13.9. The van der Waals surface area contributed by atoms with E-state index in [4.69, 9.17) is 11.6 Å². The number of hydrogen-bond acceptors (Lipinski definition) is 6. The van der Waals surface area contributed by atoms with Crippen LogP contribution in [0.2, 0.25) is 4.34 Å². The van der Waals surface area contributed by atoms with Gasteiger partial charge in [-0.3, -0.25) is 18.8 Å². The number of thiophene rings is 1. The van der Waals surface area contributed by atoms with Crippen molar-refractivity contribution in [2.75, 3.05) is 33.4 Å². The van der Waals surface area contributed by atoms with Crippen molar-refractivity contribution in [3.8, 4) is 5.69 Å². The van der Waals surface area contributed by atoms with Crippen LogP contribution in [0.25, 0.3) is 5.69 Å². The van der Waals surface area contributed by atoms with Crippen LogP contribution in [0.3, 0.4) is 0 Å². The van der Waals surface area contributed by atoms with E-state index >= 15 is 0 Å². The quantitative estimate of drug-likeness (QED) is 0.199. The zero-order chi connectivity index (χ0) is 30.0. The molecule has 0 radical (unpaired) electrons. The molecule has 1 aromatic carbocycles. The van der Waals surface area contributed by atoms with Crippen LogP contribution in [0.15, 0.2) is 36.4 Å². The van der Waals surface area contributed by atoms with Gasteiger partial charge in [0.05, 0.1) is 27.3 Å². The molecular weight excluding hydrogens is 588 g/mol. The highest BCUT2D eigenvalue weighted by Crippen LogP contribution is 2.21. The summed E-state index contributed by atoms with van der Waals surface area (Å²) in [5.74, 6) is -1.53. The molecule has 2 aromatic heterocycles. The lowest BCUT2D eigenvalue weighted by molar-refractivity contribution is -0.123. The topological polar surface area (TPSA) is 109 Å². The van der Waals surface area contributed by atoms with Crippen LogP contribution in [0.4, 0.5) is 17.6 Å². The van der Waals surface area contributed by atoms with Gasteiger partial charge in [0, 0.05) is 25.7 Å². The lowest BCUT2D eigenvalue weighted by atomic mass is 10.1. The first-order valence-electron chi connectivity index (χ1n) is 12.7. The molecule has 41 heavy (non-hydrogen) atoms. The summed E-state index contributed by atoms with van der Waals surface area (Å²) in [4.78, 5) is 39.4. The minimum absolute atomic E-state index is 0.0212. The average Bonchev–Trinajstić information content (AvgIpc) is 3.57. The van der Waals surface area contributed by atoms with Crippen LogP contribution in [-0.4, -0.2) is 77.1 Å².